The Morgan fingerprint density at radius 3 is 3.05 bits per heavy atom. The minimum atomic E-state index is -3.20. The van der Waals surface area contributed by atoms with Crippen LogP contribution in [0.5, 0.6) is 0 Å². The molecule has 1 aliphatic heterocycles. The van der Waals surface area contributed by atoms with Crippen LogP contribution in [-0.2, 0) is 27.6 Å². The van der Waals surface area contributed by atoms with E-state index >= 15 is 0 Å². The van der Waals surface area contributed by atoms with Gasteiger partial charge in [-0.3, -0.25) is 0 Å². The molecule has 0 unspecified atom stereocenters. The SMILES string of the molecule is COCCCS(=O)(=O)NCCc1cccc2c1NCCC2. The van der Waals surface area contributed by atoms with Crippen molar-refractivity contribution in [3.05, 3.63) is 29.3 Å². The topological polar surface area (TPSA) is 67.4 Å². The van der Waals surface area contributed by atoms with Gasteiger partial charge in [0.25, 0.3) is 0 Å². The number of sulfonamides is 1. The van der Waals surface area contributed by atoms with E-state index in [1.807, 2.05) is 6.07 Å². The first-order valence-electron chi connectivity index (χ1n) is 7.43. The number of aryl methyl sites for hydroxylation is 1. The van der Waals surface area contributed by atoms with Crippen molar-refractivity contribution in [1.29, 1.82) is 0 Å². The van der Waals surface area contributed by atoms with Crippen LogP contribution in [0.4, 0.5) is 5.69 Å². The number of anilines is 1. The summed E-state index contributed by atoms with van der Waals surface area (Å²) in [4.78, 5) is 0. The normalized spacial score (nSPS) is 14.5. The summed E-state index contributed by atoms with van der Waals surface area (Å²) < 4.78 is 31.1. The molecule has 0 atom stereocenters. The van der Waals surface area contributed by atoms with Gasteiger partial charge in [0, 0.05) is 32.5 Å². The van der Waals surface area contributed by atoms with Crippen LogP contribution in [0, 0.1) is 0 Å². The van der Waals surface area contributed by atoms with Crippen molar-refractivity contribution in [2.24, 2.45) is 0 Å². The molecule has 0 bridgehead atoms. The van der Waals surface area contributed by atoms with E-state index in [0.717, 1.165) is 19.4 Å². The monoisotopic (exact) mass is 312 g/mol. The molecule has 0 aromatic heterocycles. The summed E-state index contributed by atoms with van der Waals surface area (Å²) in [5, 5.41) is 3.43. The van der Waals surface area contributed by atoms with Crippen molar-refractivity contribution in [1.82, 2.24) is 4.72 Å². The van der Waals surface area contributed by atoms with Crippen molar-refractivity contribution in [2.75, 3.05) is 37.9 Å². The number of nitrogens with one attached hydrogen (secondary N) is 2. The van der Waals surface area contributed by atoms with E-state index in [1.54, 1.807) is 7.11 Å². The Kier molecular flexibility index (Phi) is 6.02. The van der Waals surface area contributed by atoms with Gasteiger partial charge in [-0.05, 0) is 36.8 Å². The number of benzene rings is 1. The molecule has 0 fully saturated rings. The highest BCUT2D eigenvalue weighted by molar-refractivity contribution is 7.89. The molecular formula is C15H24N2O3S. The van der Waals surface area contributed by atoms with Crippen molar-refractivity contribution in [3.63, 3.8) is 0 Å². The molecule has 1 heterocycles. The first-order chi connectivity index (χ1) is 10.1. The molecular weight excluding hydrogens is 288 g/mol. The Hall–Kier alpha value is -1.11. The number of hydrogen-bond acceptors (Lipinski definition) is 4. The second-order valence-corrected chi connectivity index (χ2v) is 7.22. The van der Waals surface area contributed by atoms with E-state index in [1.165, 1.54) is 16.8 Å². The van der Waals surface area contributed by atoms with E-state index in [0.29, 0.717) is 26.0 Å². The van der Waals surface area contributed by atoms with Crippen LogP contribution in [-0.4, -0.2) is 41.0 Å². The molecule has 1 aromatic rings. The fraction of sp³-hybridized carbons (Fsp3) is 0.600. The van der Waals surface area contributed by atoms with Gasteiger partial charge in [0.15, 0.2) is 0 Å². The summed E-state index contributed by atoms with van der Waals surface area (Å²) in [5.41, 5.74) is 3.72. The molecule has 1 aromatic carbocycles. The van der Waals surface area contributed by atoms with Crippen molar-refractivity contribution in [3.8, 4) is 0 Å². The molecule has 0 saturated heterocycles. The van der Waals surface area contributed by atoms with Gasteiger partial charge in [0.1, 0.15) is 0 Å². The lowest BCUT2D eigenvalue weighted by Gasteiger charge is -2.21. The molecule has 2 rings (SSSR count). The highest BCUT2D eigenvalue weighted by atomic mass is 32.2. The fourth-order valence-electron chi connectivity index (χ4n) is 2.60. The lowest BCUT2D eigenvalue weighted by molar-refractivity contribution is 0.199. The Bertz CT molecular complexity index is 558. The molecule has 118 valence electrons. The third-order valence-electron chi connectivity index (χ3n) is 3.64. The summed E-state index contributed by atoms with van der Waals surface area (Å²) >= 11 is 0. The summed E-state index contributed by atoms with van der Waals surface area (Å²) in [6, 6.07) is 6.25. The third-order valence-corrected chi connectivity index (χ3v) is 5.11. The Morgan fingerprint density at radius 1 is 1.38 bits per heavy atom. The fourth-order valence-corrected chi connectivity index (χ4v) is 3.65. The maximum absolute atomic E-state index is 11.8. The predicted octanol–water partition coefficient (Wildman–Crippen LogP) is 1.54. The molecule has 21 heavy (non-hydrogen) atoms. The van der Waals surface area contributed by atoms with Gasteiger partial charge in [-0.1, -0.05) is 18.2 Å². The largest absolute Gasteiger partial charge is 0.385 e. The van der Waals surface area contributed by atoms with Crippen LogP contribution >= 0.6 is 0 Å². The number of rotatable bonds is 8. The average molecular weight is 312 g/mol. The van der Waals surface area contributed by atoms with Crippen LogP contribution in [0.15, 0.2) is 18.2 Å². The first-order valence-corrected chi connectivity index (χ1v) is 9.08. The van der Waals surface area contributed by atoms with Crippen LogP contribution < -0.4 is 10.0 Å². The third kappa shape index (κ3) is 4.98. The highest BCUT2D eigenvalue weighted by Crippen LogP contribution is 2.26. The number of fused-ring (bicyclic) bond motifs is 1. The van der Waals surface area contributed by atoms with Crippen LogP contribution in [0.2, 0.25) is 0 Å². The van der Waals surface area contributed by atoms with Gasteiger partial charge in [-0.2, -0.15) is 0 Å². The molecule has 0 radical (unpaired) electrons. The summed E-state index contributed by atoms with van der Waals surface area (Å²) in [6.45, 7) is 1.90. The maximum atomic E-state index is 11.8. The van der Waals surface area contributed by atoms with E-state index in [2.05, 4.69) is 22.2 Å². The van der Waals surface area contributed by atoms with Gasteiger partial charge in [-0.15, -0.1) is 0 Å². The zero-order valence-electron chi connectivity index (χ0n) is 12.5. The van der Waals surface area contributed by atoms with Gasteiger partial charge in [0.05, 0.1) is 5.75 Å². The van der Waals surface area contributed by atoms with E-state index in [9.17, 15) is 8.42 Å². The second-order valence-electron chi connectivity index (χ2n) is 5.29. The number of ether oxygens (including phenoxy) is 1. The predicted molar refractivity (Wildman–Crippen MR) is 85.2 cm³/mol. The molecule has 0 aliphatic carbocycles. The average Bonchev–Trinajstić information content (AvgIpc) is 2.47. The standard InChI is InChI=1S/C15H24N2O3S/c1-20-11-4-12-21(18,19)17-10-8-14-6-2-5-13-7-3-9-16-15(13)14/h2,5-6,16-17H,3-4,7-12H2,1H3. The summed E-state index contributed by atoms with van der Waals surface area (Å²) in [6.07, 6.45) is 3.48. The Balaban J connectivity index is 1.86. The van der Waals surface area contributed by atoms with Gasteiger partial charge in [0.2, 0.25) is 10.0 Å². The number of hydrogen-bond donors (Lipinski definition) is 2. The zero-order valence-corrected chi connectivity index (χ0v) is 13.3. The Labute approximate surface area is 127 Å². The van der Waals surface area contributed by atoms with Gasteiger partial charge < -0.3 is 10.1 Å². The smallest absolute Gasteiger partial charge is 0.211 e. The molecule has 0 amide bonds. The minimum absolute atomic E-state index is 0.117. The zero-order chi connectivity index (χ0) is 15.1. The van der Waals surface area contributed by atoms with Crippen LogP contribution in [0.3, 0.4) is 0 Å². The molecule has 0 spiro atoms. The molecule has 5 nitrogen and oxygen atoms in total. The molecule has 6 heteroatoms. The van der Waals surface area contributed by atoms with Crippen molar-refractivity contribution < 1.29 is 13.2 Å². The lowest BCUT2D eigenvalue weighted by atomic mass is 9.98. The highest BCUT2D eigenvalue weighted by Gasteiger charge is 2.13. The van der Waals surface area contributed by atoms with Gasteiger partial charge in [-0.25, -0.2) is 13.1 Å². The Morgan fingerprint density at radius 2 is 2.24 bits per heavy atom. The van der Waals surface area contributed by atoms with E-state index < -0.39 is 10.0 Å². The van der Waals surface area contributed by atoms with Crippen molar-refractivity contribution >= 4 is 15.7 Å². The quantitative estimate of drug-likeness (QED) is 0.715. The lowest BCUT2D eigenvalue weighted by Crippen LogP contribution is -2.29. The van der Waals surface area contributed by atoms with E-state index in [-0.39, 0.29) is 5.75 Å². The molecule has 1 aliphatic rings. The minimum Gasteiger partial charge on any atom is -0.385 e. The summed E-state index contributed by atoms with van der Waals surface area (Å²) in [7, 11) is -1.62. The van der Waals surface area contributed by atoms with E-state index in [4.69, 9.17) is 4.74 Å². The number of para-hydroxylation sites is 1. The summed E-state index contributed by atoms with van der Waals surface area (Å²) in [5.74, 6) is 0.117. The second kappa shape index (κ2) is 7.77. The molecule has 2 N–H and O–H groups in total. The maximum Gasteiger partial charge on any atom is 0.211 e. The van der Waals surface area contributed by atoms with Crippen molar-refractivity contribution in [2.45, 2.75) is 25.7 Å². The van der Waals surface area contributed by atoms with Crippen LogP contribution in [0.1, 0.15) is 24.0 Å². The number of methoxy groups -OCH3 is 1. The molecule has 0 saturated carbocycles. The van der Waals surface area contributed by atoms with Crippen LogP contribution in [0.25, 0.3) is 0 Å². The van der Waals surface area contributed by atoms with Gasteiger partial charge >= 0.3 is 0 Å². The first kappa shape index (κ1) is 16.3.